The van der Waals surface area contributed by atoms with E-state index in [9.17, 15) is 4.79 Å². The molecule has 1 aliphatic rings. The smallest absolute Gasteiger partial charge is 0.228 e. The van der Waals surface area contributed by atoms with Crippen molar-refractivity contribution in [2.75, 3.05) is 5.32 Å². The first kappa shape index (κ1) is 8.63. The van der Waals surface area contributed by atoms with Crippen LogP contribution in [0.4, 0.5) is 5.69 Å². The number of rotatable bonds is 1. The second-order valence-corrected chi connectivity index (χ2v) is 4.09. The normalized spacial score (nSPS) is 16.6. The van der Waals surface area contributed by atoms with E-state index < -0.39 is 0 Å². The monoisotopic (exact) mass is 193 g/mol. The van der Waals surface area contributed by atoms with E-state index in [1.54, 1.807) is 0 Å². The van der Waals surface area contributed by atoms with Crippen LogP contribution in [0.3, 0.4) is 0 Å². The van der Waals surface area contributed by atoms with Crippen molar-refractivity contribution in [3.8, 4) is 0 Å². The lowest BCUT2D eigenvalue weighted by Crippen LogP contribution is -2.03. The Bertz CT molecular complexity index is 360. The van der Waals surface area contributed by atoms with Gasteiger partial charge in [0.25, 0.3) is 0 Å². The Morgan fingerprint density at radius 3 is 3.00 bits per heavy atom. The molecule has 3 heteroatoms. The maximum atomic E-state index is 11.1. The molecule has 0 bridgehead atoms. The number of carbonyl (C=O) groups excluding carboxylic acids is 1. The average molecular weight is 193 g/mol. The van der Waals surface area contributed by atoms with Gasteiger partial charge in [0.2, 0.25) is 5.91 Å². The second kappa shape index (κ2) is 3.07. The third-order valence-corrected chi connectivity index (χ3v) is 2.54. The largest absolute Gasteiger partial charge is 0.326 e. The summed E-state index contributed by atoms with van der Waals surface area (Å²) in [6.07, 6.45) is 0.510. The van der Waals surface area contributed by atoms with Gasteiger partial charge >= 0.3 is 0 Å². The molecule has 2 rings (SSSR count). The average Bonchev–Trinajstić information content (AvgIpc) is 2.42. The Kier molecular flexibility index (Phi) is 2.04. The zero-order chi connectivity index (χ0) is 9.42. The summed E-state index contributed by atoms with van der Waals surface area (Å²) in [6.45, 7) is 2.02. The second-order valence-electron chi connectivity index (χ2n) is 3.32. The van der Waals surface area contributed by atoms with Gasteiger partial charge in [-0.2, -0.15) is 12.6 Å². The van der Waals surface area contributed by atoms with Gasteiger partial charge < -0.3 is 5.32 Å². The molecular weight excluding hydrogens is 182 g/mol. The summed E-state index contributed by atoms with van der Waals surface area (Å²) in [7, 11) is 0. The van der Waals surface area contributed by atoms with Crippen LogP contribution in [0.1, 0.15) is 23.3 Å². The van der Waals surface area contributed by atoms with Crippen molar-refractivity contribution >= 4 is 24.2 Å². The highest BCUT2D eigenvalue weighted by Gasteiger charge is 2.17. The molecule has 1 aromatic rings. The van der Waals surface area contributed by atoms with E-state index in [1.807, 2.05) is 25.1 Å². The topological polar surface area (TPSA) is 29.1 Å². The molecule has 68 valence electrons. The minimum Gasteiger partial charge on any atom is -0.326 e. The number of benzene rings is 1. The van der Waals surface area contributed by atoms with Gasteiger partial charge in [0, 0.05) is 10.9 Å². The van der Waals surface area contributed by atoms with Crippen LogP contribution in [0.2, 0.25) is 0 Å². The van der Waals surface area contributed by atoms with Gasteiger partial charge in [-0.1, -0.05) is 12.1 Å². The fourth-order valence-corrected chi connectivity index (χ4v) is 1.65. The van der Waals surface area contributed by atoms with Gasteiger partial charge in [0.05, 0.1) is 6.42 Å². The molecule has 0 saturated carbocycles. The lowest BCUT2D eigenvalue weighted by Gasteiger charge is -2.06. The van der Waals surface area contributed by atoms with Crippen LogP contribution >= 0.6 is 12.6 Å². The number of anilines is 1. The maximum Gasteiger partial charge on any atom is 0.228 e. The van der Waals surface area contributed by atoms with E-state index in [-0.39, 0.29) is 11.2 Å². The minimum atomic E-state index is 0.0824. The Hall–Kier alpha value is -0.960. The molecule has 1 atom stereocenters. The number of hydrogen-bond donors (Lipinski definition) is 2. The number of carbonyl (C=O) groups is 1. The van der Waals surface area contributed by atoms with Crippen molar-refractivity contribution in [3.63, 3.8) is 0 Å². The van der Waals surface area contributed by atoms with Crippen molar-refractivity contribution in [3.05, 3.63) is 29.3 Å². The summed E-state index contributed by atoms with van der Waals surface area (Å²) < 4.78 is 0. The summed E-state index contributed by atoms with van der Waals surface area (Å²) in [4.78, 5) is 11.1. The molecule has 0 fully saturated rings. The molecule has 1 aromatic carbocycles. The Balaban J connectivity index is 2.40. The molecule has 1 heterocycles. The molecule has 0 aromatic heterocycles. The molecule has 0 spiro atoms. The van der Waals surface area contributed by atoms with E-state index in [1.165, 1.54) is 0 Å². The van der Waals surface area contributed by atoms with Crippen LogP contribution < -0.4 is 5.32 Å². The van der Waals surface area contributed by atoms with Crippen molar-refractivity contribution < 1.29 is 4.79 Å². The van der Waals surface area contributed by atoms with E-state index in [0.29, 0.717) is 6.42 Å². The third kappa shape index (κ3) is 1.56. The Morgan fingerprint density at radius 2 is 2.31 bits per heavy atom. The van der Waals surface area contributed by atoms with Gasteiger partial charge in [0.15, 0.2) is 0 Å². The predicted octanol–water partition coefficient (Wildman–Crippen LogP) is 2.17. The molecule has 0 saturated heterocycles. The first-order valence-electron chi connectivity index (χ1n) is 4.27. The molecule has 1 aliphatic heterocycles. The Morgan fingerprint density at radius 1 is 1.54 bits per heavy atom. The maximum absolute atomic E-state index is 11.1. The first-order chi connectivity index (χ1) is 6.16. The standard InChI is InChI=1S/C10H11NOS/c1-6(13)7-2-3-8-5-10(12)11-9(8)4-7/h2-4,6,13H,5H2,1H3,(H,11,12). The SMILES string of the molecule is CC(S)c1ccc2c(c1)NC(=O)C2. The summed E-state index contributed by atoms with van der Waals surface area (Å²) in [5.74, 6) is 0.0824. The van der Waals surface area contributed by atoms with Gasteiger partial charge in [-0.05, 0) is 24.1 Å². The molecule has 1 unspecified atom stereocenters. The van der Waals surface area contributed by atoms with Crippen molar-refractivity contribution in [1.82, 2.24) is 0 Å². The summed E-state index contributed by atoms with van der Waals surface area (Å²) in [5.41, 5.74) is 3.18. The van der Waals surface area contributed by atoms with Crippen LogP contribution in [0.25, 0.3) is 0 Å². The highest BCUT2D eigenvalue weighted by Crippen LogP contribution is 2.28. The third-order valence-electron chi connectivity index (χ3n) is 2.24. The first-order valence-corrected chi connectivity index (χ1v) is 4.79. The van der Waals surface area contributed by atoms with Crippen LogP contribution in [0, 0.1) is 0 Å². The van der Waals surface area contributed by atoms with E-state index >= 15 is 0 Å². The molecular formula is C10H11NOS. The van der Waals surface area contributed by atoms with E-state index in [0.717, 1.165) is 16.8 Å². The minimum absolute atomic E-state index is 0.0824. The Labute approximate surface area is 82.8 Å². The van der Waals surface area contributed by atoms with Crippen LogP contribution in [-0.2, 0) is 11.2 Å². The number of nitrogens with one attached hydrogen (secondary N) is 1. The van der Waals surface area contributed by atoms with Gasteiger partial charge in [0.1, 0.15) is 0 Å². The number of thiol groups is 1. The van der Waals surface area contributed by atoms with Crippen molar-refractivity contribution in [1.29, 1.82) is 0 Å². The molecule has 2 nitrogen and oxygen atoms in total. The van der Waals surface area contributed by atoms with E-state index in [2.05, 4.69) is 17.9 Å². The highest BCUT2D eigenvalue weighted by molar-refractivity contribution is 7.80. The van der Waals surface area contributed by atoms with Crippen molar-refractivity contribution in [2.45, 2.75) is 18.6 Å². The molecule has 1 amide bonds. The molecule has 0 radical (unpaired) electrons. The quantitative estimate of drug-likeness (QED) is 0.658. The summed E-state index contributed by atoms with van der Waals surface area (Å²) in [6, 6.07) is 6.02. The number of hydrogen-bond acceptors (Lipinski definition) is 2. The fourth-order valence-electron chi connectivity index (χ4n) is 1.49. The summed E-state index contributed by atoms with van der Waals surface area (Å²) in [5, 5.41) is 3.03. The number of amides is 1. The van der Waals surface area contributed by atoms with Crippen LogP contribution in [0.15, 0.2) is 18.2 Å². The lowest BCUT2D eigenvalue weighted by molar-refractivity contribution is -0.115. The lowest BCUT2D eigenvalue weighted by atomic mass is 10.1. The highest BCUT2D eigenvalue weighted by atomic mass is 32.1. The van der Waals surface area contributed by atoms with Crippen LogP contribution in [0.5, 0.6) is 0 Å². The van der Waals surface area contributed by atoms with Gasteiger partial charge in [-0.25, -0.2) is 0 Å². The van der Waals surface area contributed by atoms with E-state index in [4.69, 9.17) is 0 Å². The van der Waals surface area contributed by atoms with Crippen LogP contribution in [-0.4, -0.2) is 5.91 Å². The predicted molar refractivity (Wildman–Crippen MR) is 56.2 cm³/mol. The molecule has 1 N–H and O–H groups in total. The van der Waals surface area contributed by atoms with Gasteiger partial charge in [-0.3, -0.25) is 4.79 Å². The molecule has 13 heavy (non-hydrogen) atoms. The zero-order valence-electron chi connectivity index (χ0n) is 7.37. The zero-order valence-corrected chi connectivity index (χ0v) is 8.27. The van der Waals surface area contributed by atoms with Crippen molar-refractivity contribution in [2.24, 2.45) is 0 Å². The van der Waals surface area contributed by atoms with Gasteiger partial charge in [-0.15, -0.1) is 0 Å². The fraction of sp³-hybridized carbons (Fsp3) is 0.300. The number of fused-ring (bicyclic) bond motifs is 1. The molecule has 0 aliphatic carbocycles. The summed E-state index contributed by atoms with van der Waals surface area (Å²) >= 11 is 4.34.